The average Bonchev–Trinajstić information content (AvgIpc) is 1.85. The molecule has 0 bridgehead atoms. The topological polar surface area (TPSA) is 52.6 Å². The van der Waals surface area contributed by atoms with Crippen LogP contribution in [0, 0.1) is 0 Å². The Balaban J connectivity index is 2.23. The van der Waals surface area contributed by atoms with Crippen LogP contribution in [-0.4, -0.2) is 30.9 Å². The van der Waals surface area contributed by atoms with Crippen molar-refractivity contribution >= 4 is 0 Å². The van der Waals surface area contributed by atoms with Gasteiger partial charge in [-0.1, -0.05) is 0 Å². The smallest absolute Gasteiger partial charge is 0.0533 e. The molecule has 66 valence electrons. The summed E-state index contributed by atoms with van der Waals surface area (Å²) in [6.07, 6.45) is 2.31. The lowest BCUT2D eigenvalue weighted by Crippen LogP contribution is -2.32. The highest BCUT2D eigenvalue weighted by molar-refractivity contribution is 4.89. The summed E-state index contributed by atoms with van der Waals surface area (Å²) in [7, 11) is 1.75. The fourth-order valence-electron chi connectivity index (χ4n) is 1.34. The predicted molar refractivity (Wildman–Crippen MR) is 43.7 cm³/mol. The van der Waals surface area contributed by atoms with Crippen LogP contribution in [0.1, 0.15) is 19.8 Å². The maximum atomic E-state index is 5.39. The number of hydrazine groups is 1. The summed E-state index contributed by atoms with van der Waals surface area (Å²) in [6, 6.07) is 0.355. The minimum absolute atomic E-state index is 0.331. The van der Waals surface area contributed by atoms with Gasteiger partial charge in [-0.2, -0.15) is 0 Å². The first-order chi connectivity index (χ1) is 5.18. The van der Waals surface area contributed by atoms with Gasteiger partial charge in [0.1, 0.15) is 0 Å². The summed E-state index contributed by atoms with van der Waals surface area (Å²) < 4.78 is 5.37. The van der Waals surface area contributed by atoms with Crippen LogP contribution in [0.25, 0.3) is 5.43 Å². The van der Waals surface area contributed by atoms with E-state index in [2.05, 4.69) is 12.3 Å². The summed E-state index contributed by atoms with van der Waals surface area (Å²) in [5, 5.41) is 1.39. The van der Waals surface area contributed by atoms with Gasteiger partial charge in [-0.05, 0) is 26.8 Å². The lowest BCUT2D eigenvalue weighted by Gasteiger charge is -2.41. The first kappa shape index (κ1) is 8.93. The van der Waals surface area contributed by atoms with E-state index in [0.717, 1.165) is 19.4 Å². The number of rotatable bonds is 2. The Kier molecular flexibility index (Phi) is 3.26. The second kappa shape index (κ2) is 4.01. The Morgan fingerprint density at radius 2 is 2.36 bits per heavy atom. The van der Waals surface area contributed by atoms with Crippen LogP contribution in [0.4, 0.5) is 0 Å². The number of nitrogens with zero attached hydrogens (tertiary/aromatic N) is 2. The quantitative estimate of drug-likeness (QED) is 0.474. The van der Waals surface area contributed by atoms with E-state index < -0.39 is 0 Å². The van der Waals surface area contributed by atoms with Crippen molar-refractivity contribution in [1.29, 1.82) is 0 Å². The minimum Gasteiger partial charge on any atom is -0.577 e. The minimum atomic E-state index is 0.331. The average molecular weight is 158 g/mol. The fraction of sp³-hybridized carbons (Fsp3) is 1.00. The maximum Gasteiger partial charge on any atom is 0.0533 e. The van der Waals surface area contributed by atoms with Crippen LogP contribution in [0.3, 0.4) is 0 Å². The lowest BCUT2D eigenvalue weighted by atomic mass is 10.1. The van der Waals surface area contributed by atoms with Gasteiger partial charge in [-0.3, -0.25) is 5.84 Å². The monoisotopic (exact) mass is 158 g/mol. The summed E-state index contributed by atoms with van der Waals surface area (Å²) in [4.78, 5) is 0. The first-order valence-electron chi connectivity index (χ1n) is 3.99. The van der Waals surface area contributed by atoms with Crippen molar-refractivity contribution in [2.24, 2.45) is 5.84 Å². The van der Waals surface area contributed by atoms with Gasteiger partial charge in [-0.25, -0.2) is 0 Å². The van der Waals surface area contributed by atoms with Crippen molar-refractivity contribution in [3.05, 3.63) is 5.43 Å². The highest BCUT2D eigenvalue weighted by Crippen LogP contribution is 2.19. The third-order valence-electron chi connectivity index (χ3n) is 1.80. The van der Waals surface area contributed by atoms with Gasteiger partial charge in [-0.15, -0.1) is 6.04 Å². The molecule has 11 heavy (non-hydrogen) atoms. The van der Waals surface area contributed by atoms with E-state index in [9.17, 15) is 0 Å². The van der Waals surface area contributed by atoms with Crippen molar-refractivity contribution in [2.45, 2.75) is 31.9 Å². The number of hydrogen-bond donors (Lipinski definition) is 1. The molecule has 0 aromatic heterocycles. The van der Waals surface area contributed by atoms with E-state index in [1.807, 2.05) is 0 Å². The molecule has 2 unspecified atom stereocenters. The number of ether oxygens (including phenoxy) is 1. The van der Waals surface area contributed by atoms with Gasteiger partial charge in [0.25, 0.3) is 0 Å². The molecule has 0 aromatic carbocycles. The molecule has 1 aliphatic heterocycles. The standard InChI is InChI=1S/C7H16N3O/c1-6-5-7(3-4-11-6)9-10(2)8/h6-7H,3-5,8H2,1-2H3/q-1. The molecule has 0 radical (unpaired) electrons. The molecule has 0 saturated carbocycles. The Bertz CT molecular complexity index is 116. The fourth-order valence-corrected chi connectivity index (χ4v) is 1.34. The molecular formula is C7H16N3O-. The summed E-state index contributed by atoms with van der Waals surface area (Å²) in [5.41, 5.74) is 4.22. The first-order valence-corrected chi connectivity index (χ1v) is 3.99. The highest BCUT2D eigenvalue weighted by atomic mass is 16.5. The van der Waals surface area contributed by atoms with E-state index in [1.165, 1.54) is 5.12 Å². The molecule has 2 N–H and O–H groups in total. The molecule has 4 heteroatoms. The molecule has 1 fully saturated rings. The van der Waals surface area contributed by atoms with Crippen molar-refractivity contribution in [2.75, 3.05) is 13.7 Å². The molecule has 2 atom stereocenters. The third kappa shape index (κ3) is 3.16. The molecule has 0 spiro atoms. The van der Waals surface area contributed by atoms with E-state index in [1.54, 1.807) is 7.05 Å². The van der Waals surface area contributed by atoms with Crippen molar-refractivity contribution in [1.82, 2.24) is 5.12 Å². The van der Waals surface area contributed by atoms with Gasteiger partial charge < -0.3 is 15.3 Å². The molecule has 1 aliphatic rings. The van der Waals surface area contributed by atoms with Gasteiger partial charge in [0.15, 0.2) is 0 Å². The molecule has 1 saturated heterocycles. The van der Waals surface area contributed by atoms with Crippen molar-refractivity contribution < 1.29 is 4.74 Å². The second-order valence-corrected chi connectivity index (χ2v) is 3.05. The molecule has 1 rings (SSSR count). The van der Waals surface area contributed by atoms with Crippen molar-refractivity contribution in [3.63, 3.8) is 0 Å². The SMILES string of the molecule is CC1CC([N-]N(C)N)CCO1. The summed E-state index contributed by atoms with van der Waals surface area (Å²) in [5.74, 6) is 5.39. The molecule has 0 aromatic rings. The van der Waals surface area contributed by atoms with Gasteiger partial charge in [0.05, 0.1) is 6.10 Å². The molecule has 1 heterocycles. The third-order valence-corrected chi connectivity index (χ3v) is 1.80. The normalized spacial score (nSPS) is 32.7. The highest BCUT2D eigenvalue weighted by Gasteiger charge is 2.12. The number of nitrogens with two attached hydrogens (primary N) is 1. The van der Waals surface area contributed by atoms with Crippen LogP contribution in [0.15, 0.2) is 0 Å². The van der Waals surface area contributed by atoms with E-state index in [0.29, 0.717) is 12.1 Å². The van der Waals surface area contributed by atoms with Crippen LogP contribution in [-0.2, 0) is 4.74 Å². The van der Waals surface area contributed by atoms with Gasteiger partial charge >= 0.3 is 0 Å². The second-order valence-electron chi connectivity index (χ2n) is 3.05. The van der Waals surface area contributed by atoms with Crippen LogP contribution < -0.4 is 5.84 Å². The van der Waals surface area contributed by atoms with Crippen LogP contribution >= 0.6 is 0 Å². The molecule has 0 amide bonds. The number of hydrogen-bond acceptors (Lipinski definition) is 3. The molecule has 4 nitrogen and oxygen atoms in total. The van der Waals surface area contributed by atoms with Gasteiger partial charge in [0, 0.05) is 6.61 Å². The van der Waals surface area contributed by atoms with Gasteiger partial charge in [0.2, 0.25) is 0 Å². The zero-order valence-corrected chi connectivity index (χ0v) is 7.16. The summed E-state index contributed by atoms with van der Waals surface area (Å²) in [6.45, 7) is 2.88. The Morgan fingerprint density at radius 3 is 2.91 bits per heavy atom. The summed E-state index contributed by atoms with van der Waals surface area (Å²) >= 11 is 0. The van der Waals surface area contributed by atoms with E-state index >= 15 is 0 Å². The zero-order valence-electron chi connectivity index (χ0n) is 7.16. The molecule has 0 aliphatic carbocycles. The maximum absolute atomic E-state index is 5.39. The Morgan fingerprint density at radius 1 is 1.64 bits per heavy atom. The van der Waals surface area contributed by atoms with E-state index in [-0.39, 0.29) is 0 Å². The predicted octanol–water partition coefficient (Wildman–Crippen LogP) is 0.648. The lowest BCUT2D eigenvalue weighted by molar-refractivity contribution is 0.0209. The van der Waals surface area contributed by atoms with Crippen LogP contribution in [0.2, 0.25) is 0 Å². The van der Waals surface area contributed by atoms with Crippen molar-refractivity contribution in [3.8, 4) is 0 Å². The Hall–Kier alpha value is -0.160. The Labute approximate surface area is 67.6 Å². The van der Waals surface area contributed by atoms with E-state index in [4.69, 9.17) is 10.6 Å². The zero-order chi connectivity index (χ0) is 8.27. The van der Waals surface area contributed by atoms with Crippen LogP contribution in [0.5, 0.6) is 0 Å². The largest absolute Gasteiger partial charge is 0.577 e. The molecular weight excluding hydrogens is 142 g/mol.